The van der Waals surface area contributed by atoms with Gasteiger partial charge in [0.2, 0.25) is 0 Å². The Bertz CT molecular complexity index is 773. The van der Waals surface area contributed by atoms with Crippen LogP contribution >= 0.6 is 0 Å². The third kappa shape index (κ3) is 4.55. The van der Waals surface area contributed by atoms with Crippen LogP contribution in [0.25, 0.3) is 0 Å². The summed E-state index contributed by atoms with van der Waals surface area (Å²) in [5.41, 5.74) is 3.56. The van der Waals surface area contributed by atoms with Gasteiger partial charge in [0, 0.05) is 44.0 Å². The number of aromatic nitrogens is 5. The van der Waals surface area contributed by atoms with Crippen LogP contribution in [0, 0.1) is 13.8 Å². The van der Waals surface area contributed by atoms with E-state index in [-0.39, 0.29) is 5.91 Å². The summed E-state index contributed by atoms with van der Waals surface area (Å²) in [5.74, 6) is -0.0813. The van der Waals surface area contributed by atoms with Crippen molar-refractivity contribution >= 4 is 5.91 Å². The van der Waals surface area contributed by atoms with Crippen molar-refractivity contribution in [3.8, 4) is 0 Å². The molecule has 2 aromatic heterocycles. The second kappa shape index (κ2) is 8.65. The Hall–Kier alpha value is -2.22. The first kappa shape index (κ1) is 19.5. The molecule has 1 unspecified atom stereocenters. The molecule has 1 N–H and O–H groups in total. The fourth-order valence-corrected chi connectivity index (χ4v) is 3.69. The molecule has 8 heteroatoms. The molecule has 1 aliphatic heterocycles. The fourth-order valence-electron chi connectivity index (χ4n) is 3.69. The first-order chi connectivity index (χ1) is 13.0. The molecule has 27 heavy (non-hydrogen) atoms. The van der Waals surface area contributed by atoms with E-state index in [0.717, 1.165) is 36.5 Å². The van der Waals surface area contributed by atoms with E-state index in [2.05, 4.69) is 20.7 Å². The standard InChI is InChI=1S/C19H31N7O/c1-5-25(12-17-14(2)22-24(4)15(17)3)19(27)18-13-26(23-21-18)11-9-16-8-6-7-10-20-16/h13,16,20H,5-12H2,1-4H3. The number of piperidine rings is 1. The summed E-state index contributed by atoms with van der Waals surface area (Å²) in [7, 11) is 1.93. The molecule has 0 aromatic carbocycles. The van der Waals surface area contributed by atoms with Crippen molar-refractivity contribution in [1.82, 2.24) is 35.0 Å². The zero-order valence-electron chi connectivity index (χ0n) is 16.9. The molecule has 3 rings (SSSR count). The molecule has 0 spiro atoms. The quantitative estimate of drug-likeness (QED) is 0.801. The van der Waals surface area contributed by atoms with Gasteiger partial charge in [-0.05, 0) is 46.6 Å². The Labute approximate surface area is 160 Å². The zero-order valence-corrected chi connectivity index (χ0v) is 16.9. The van der Waals surface area contributed by atoms with Crippen molar-refractivity contribution in [3.05, 3.63) is 28.8 Å². The average molecular weight is 374 g/mol. The molecular weight excluding hydrogens is 342 g/mol. The highest BCUT2D eigenvalue weighted by atomic mass is 16.2. The smallest absolute Gasteiger partial charge is 0.276 e. The molecule has 1 atom stereocenters. The van der Waals surface area contributed by atoms with Crippen LogP contribution in [0.2, 0.25) is 0 Å². The van der Waals surface area contributed by atoms with Crippen LogP contribution in [0.5, 0.6) is 0 Å². The van der Waals surface area contributed by atoms with Crippen LogP contribution in [-0.2, 0) is 20.1 Å². The van der Waals surface area contributed by atoms with Gasteiger partial charge in [0.05, 0.1) is 11.9 Å². The maximum absolute atomic E-state index is 12.9. The summed E-state index contributed by atoms with van der Waals surface area (Å²) in [4.78, 5) is 14.7. The molecule has 0 aliphatic carbocycles. The van der Waals surface area contributed by atoms with E-state index in [9.17, 15) is 4.79 Å². The highest BCUT2D eigenvalue weighted by Crippen LogP contribution is 2.16. The highest BCUT2D eigenvalue weighted by Gasteiger charge is 2.21. The number of nitrogens with one attached hydrogen (secondary N) is 1. The number of rotatable bonds is 7. The maximum atomic E-state index is 12.9. The molecule has 1 fully saturated rings. The van der Waals surface area contributed by atoms with Crippen LogP contribution in [0.4, 0.5) is 0 Å². The van der Waals surface area contributed by atoms with Gasteiger partial charge in [-0.2, -0.15) is 5.10 Å². The summed E-state index contributed by atoms with van der Waals surface area (Å²) in [5, 5.41) is 16.3. The van der Waals surface area contributed by atoms with E-state index in [0.29, 0.717) is 24.8 Å². The van der Waals surface area contributed by atoms with Gasteiger partial charge in [-0.25, -0.2) is 0 Å². The van der Waals surface area contributed by atoms with Gasteiger partial charge in [-0.15, -0.1) is 5.10 Å². The van der Waals surface area contributed by atoms with Gasteiger partial charge in [-0.3, -0.25) is 14.2 Å². The first-order valence-electron chi connectivity index (χ1n) is 9.91. The molecule has 2 aromatic rings. The van der Waals surface area contributed by atoms with E-state index in [1.807, 2.05) is 32.5 Å². The summed E-state index contributed by atoms with van der Waals surface area (Å²) < 4.78 is 3.65. The van der Waals surface area contributed by atoms with Gasteiger partial charge in [0.1, 0.15) is 0 Å². The number of hydrogen-bond donors (Lipinski definition) is 1. The minimum atomic E-state index is -0.0813. The number of hydrogen-bond acceptors (Lipinski definition) is 5. The Morgan fingerprint density at radius 2 is 2.19 bits per heavy atom. The lowest BCUT2D eigenvalue weighted by Gasteiger charge is -2.23. The summed E-state index contributed by atoms with van der Waals surface area (Å²) in [6.07, 6.45) is 6.56. The van der Waals surface area contributed by atoms with E-state index < -0.39 is 0 Å². The Morgan fingerprint density at radius 1 is 1.37 bits per heavy atom. The van der Waals surface area contributed by atoms with Gasteiger partial charge in [-0.1, -0.05) is 11.6 Å². The van der Waals surface area contributed by atoms with E-state index in [1.165, 1.54) is 19.3 Å². The average Bonchev–Trinajstić information content (AvgIpc) is 3.24. The number of carbonyl (C=O) groups is 1. The summed E-state index contributed by atoms with van der Waals surface area (Å²) in [6.45, 7) is 9.04. The van der Waals surface area contributed by atoms with Gasteiger partial charge < -0.3 is 10.2 Å². The second-order valence-electron chi connectivity index (χ2n) is 7.39. The highest BCUT2D eigenvalue weighted by molar-refractivity contribution is 5.91. The minimum absolute atomic E-state index is 0.0813. The lowest BCUT2D eigenvalue weighted by Crippen LogP contribution is -2.34. The molecule has 8 nitrogen and oxygen atoms in total. The largest absolute Gasteiger partial charge is 0.333 e. The number of nitrogens with zero attached hydrogens (tertiary/aromatic N) is 6. The van der Waals surface area contributed by atoms with Crippen LogP contribution in [0.15, 0.2) is 6.20 Å². The van der Waals surface area contributed by atoms with E-state index in [1.54, 1.807) is 15.8 Å². The third-order valence-electron chi connectivity index (χ3n) is 5.55. The Kier molecular flexibility index (Phi) is 6.26. The van der Waals surface area contributed by atoms with Crippen LogP contribution < -0.4 is 5.32 Å². The number of amides is 1. The Morgan fingerprint density at radius 3 is 2.81 bits per heavy atom. The van der Waals surface area contributed by atoms with Gasteiger partial charge in [0.15, 0.2) is 5.69 Å². The molecular formula is C19H31N7O. The number of aryl methyl sites for hydroxylation is 3. The monoisotopic (exact) mass is 373 g/mol. The minimum Gasteiger partial charge on any atom is -0.333 e. The van der Waals surface area contributed by atoms with Crippen molar-refractivity contribution in [1.29, 1.82) is 0 Å². The van der Waals surface area contributed by atoms with Gasteiger partial charge in [0.25, 0.3) is 5.91 Å². The predicted octanol–water partition coefficient (Wildman–Crippen LogP) is 1.82. The van der Waals surface area contributed by atoms with Crippen LogP contribution in [0.1, 0.15) is 60.0 Å². The van der Waals surface area contributed by atoms with E-state index >= 15 is 0 Å². The van der Waals surface area contributed by atoms with Gasteiger partial charge >= 0.3 is 0 Å². The van der Waals surface area contributed by atoms with E-state index in [4.69, 9.17) is 0 Å². The molecule has 148 valence electrons. The SMILES string of the molecule is CCN(Cc1c(C)nn(C)c1C)C(=O)c1cn(CCC2CCCCN2)nn1. The lowest BCUT2D eigenvalue weighted by atomic mass is 10.0. The third-order valence-corrected chi connectivity index (χ3v) is 5.55. The molecule has 1 amide bonds. The zero-order chi connectivity index (χ0) is 19.4. The van der Waals surface area contributed by atoms with Crippen molar-refractivity contribution < 1.29 is 4.79 Å². The second-order valence-corrected chi connectivity index (χ2v) is 7.39. The molecule has 1 saturated heterocycles. The van der Waals surface area contributed by atoms with Crippen molar-refractivity contribution in [2.24, 2.45) is 7.05 Å². The molecule has 0 radical (unpaired) electrons. The van der Waals surface area contributed by atoms with Crippen molar-refractivity contribution in [3.63, 3.8) is 0 Å². The number of carbonyl (C=O) groups excluding carboxylic acids is 1. The molecule has 3 heterocycles. The first-order valence-corrected chi connectivity index (χ1v) is 9.91. The van der Waals surface area contributed by atoms with Crippen molar-refractivity contribution in [2.45, 2.75) is 65.6 Å². The molecule has 1 aliphatic rings. The predicted molar refractivity (Wildman–Crippen MR) is 103 cm³/mol. The maximum Gasteiger partial charge on any atom is 0.276 e. The van der Waals surface area contributed by atoms with Crippen molar-refractivity contribution in [2.75, 3.05) is 13.1 Å². The van der Waals surface area contributed by atoms with Crippen LogP contribution in [-0.4, -0.2) is 54.7 Å². The normalized spacial score (nSPS) is 17.3. The topological polar surface area (TPSA) is 80.9 Å². The summed E-state index contributed by atoms with van der Waals surface area (Å²) >= 11 is 0. The fraction of sp³-hybridized carbons (Fsp3) is 0.684. The van der Waals surface area contributed by atoms with Crippen LogP contribution in [0.3, 0.4) is 0 Å². The lowest BCUT2D eigenvalue weighted by molar-refractivity contribution is 0.0746. The summed E-state index contributed by atoms with van der Waals surface area (Å²) in [6, 6.07) is 0.547. The molecule has 0 saturated carbocycles. The molecule has 0 bridgehead atoms. The Balaban J connectivity index is 1.62.